The zero-order valence-corrected chi connectivity index (χ0v) is 13.3. The maximum absolute atomic E-state index is 12.7. The molecule has 0 amide bonds. The molecule has 0 N–H and O–H groups in total. The Bertz CT molecular complexity index is 546. The third-order valence-electron chi connectivity index (χ3n) is 7.57. The molecule has 2 heteroatoms. The summed E-state index contributed by atoms with van der Waals surface area (Å²) in [7, 11) is 0. The summed E-state index contributed by atoms with van der Waals surface area (Å²) in [6, 6.07) is 0. The maximum atomic E-state index is 12.7. The molecule has 0 unspecified atom stereocenters. The van der Waals surface area contributed by atoms with Crippen LogP contribution in [0.3, 0.4) is 0 Å². The first-order chi connectivity index (χ1) is 9.94. The van der Waals surface area contributed by atoms with Crippen molar-refractivity contribution in [2.75, 3.05) is 0 Å². The monoisotopic (exact) mass is 286 g/mol. The van der Waals surface area contributed by atoms with Gasteiger partial charge >= 0.3 is 0 Å². The molecule has 2 nitrogen and oxygen atoms in total. The minimum Gasteiger partial charge on any atom is -0.295 e. The Labute approximate surface area is 127 Å². The van der Waals surface area contributed by atoms with Gasteiger partial charge in [-0.25, -0.2) is 0 Å². The quantitative estimate of drug-likeness (QED) is 0.672. The van der Waals surface area contributed by atoms with Crippen LogP contribution in [0.15, 0.2) is 11.6 Å². The van der Waals surface area contributed by atoms with E-state index in [1.54, 1.807) is 6.08 Å². The minimum absolute atomic E-state index is 0.0160. The highest BCUT2D eigenvalue weighted by atomic mass is 16.1. The first-order valence-electron chi connectivity index (χ1n) is 8.72. The molecule has 5 atom stereocenters. The molecule has 0 aromatic rings. The number of carbonyl (C=O) groups is 2. The van der Waals surface area contributed by atoms with Crippen molar-refractivity contribution in [3.63, 3.8) is 0 Å². The first kappa shape index (κ1) is 13.7. The van der Waals surface area contributed by atoms with Gasteiger partial charge in [0.15, 0.2) is 11.6 Å². The summed E-state index contributed by atoms with van der Waals surface area (Å²) in [6.07, 6.45) is 10.5. The van der Waals surface area contributed by atoms with Crippen LogP contribution < -0.4 is 0 Å². The Kier molecular flexibility index (Phi) is 2.81. The van der Waals surface area contributed by atoms with Crippen LogP contribution in [0.5, 0.6) is 0 Å². The molecule has 0 radical (unpaired) electrons. The topological polar surface area (TPSA) is 34.1 Å². The van der Waals surface area contributed by atoms with Crippen molar-refractivity contribution in [1.29, 1.82) is 0 Å². The van der Waals surface area contributed by atoms with E-state index >= 15 is 0 Å². The van der Waals surface area contributed by atoms with Crippen LogP contribution in [-0.4, -0.2) is 11.6 Å². The van der Waals surface area contributed by atoms with Crippen LogP contribution in [0, 0.1) is 28.6 Å². The summed E-state index contributed by atoms with van der Waals surface area (Å²) in [5.74, 6) is 2.40. The zero-order chi connectivity index (χ0) is 14.8. The lowest BCUT2D eigenvalue weighted by atomic mass is 9.47. The van der Waals surface area contributed by atoms with Crippen molar-refractivity contribution in [3.05, 3.63) is 11.6 Å². The van der Waals surface area contributed by atoms with Crippen molar-refractivity contribution in [1.82, 2.24) is 0 Å². The number of fused-ring (bicyclic) bond motifs is 5. The van der Waals surface area contributed by atoms with E-state index in [-0.39, 0.29) is 17.0 Å². The van der Waals surface area contributed by atoms with Gasteiger partial charge in [0.25, 0.3) is 0 Å². The Hall–Kier alpha value is -0.920. The van der Waals surface area contributed by atoms with Gasteiger partial charge < -0.3 is 0 Å². The second kappa shape index (κ2) is 4.30. The van der Waals surface area contributed by atoms with E-state index in [2.05, 4.69) is 13.8 Å². The lowest BCUT2D eigenvalue weighted by Crippen LogP contribution is -2.51. The summed E-state index contributed by atoms with van der Waals surface area (Å²) in [6.45, 7) is 4.74. The van der Waals surface area contributed by atoms with Crippen LogP contribution in [0.25, 0.3) is 0 Å². The molecule has 4 rings (SSSR count). The second-order valence-corrected chi connectivity index (χ2v) is 8.53. The van der Waals surface area contributed by atoms with E-state index in [1.165, 1.54) is 32.1 Å². The highest BCUT2D eigenvalue weighted by Gasteiger charge is 2.58. The SMILES string of the molecule is C[C@@]12CCC[C@H]1[C@@H]1CC(=O)C3=CC(=O)CC[C@]3(C)[C@H]1CC2. The smallest absolute Gasteiger partial charge is 0.159 e. The number of rotatable bonds is 0. The third kappa shape index (κ3) is 1.77. The van der Waals surface area contributed by atoms with Crippen molar-refractivity contribution >= 4 is 11.6 Å². The van der Waals surface area contributed by atoms with Crippen molar-refractivity contribution in [3.8, 4) is 0 Å². The van der Waals surface area contributed by atoms with Gasteiger partial charge in [-0.1, -0.05) is 20.3 Å². The highest BCUT2D eigenvalue weighted by Crippen LogP contribution is 2.64. The molecule has 0 aromatic carbocycles. The van der Waals surface area contributed by atoms with E-state index < -0.39 is 0 Å². The number of hydrogen-bond donors (Lipinski definition) is 0. The summed E-state index contributed by atoms with van der Waals surface area (Å²) >= 11 is 0. The Morgan fingerprint density at radius 1 is 1.05 bits per heavy atom. The maximum Gasteiger partial charge on any atom is 0.159 e. The Balaban J connectivity index is 1.75. The molecule has 0 aliphatic heterocycles. The predicted molar refractivity (Wildman–Crippen MR) is 81.7 cm³/mol. The van der Waals surface area contributed by atoms with Crippen molar-refractivity contribution in [2.24, 2.45) is 28.6 Å². The molecular weight excluding hydrogens is 260 g/mol. The van der Waals surface area contributed by atoms with Crippen molar-refractivity contribution < 1.29 is 9.59 Å². The summed E-state index contributed by atoms with van der Waals surface area (Å²) in [5.41, 5.74) is 1.35. The normalized spacial score (nSPS) is 49.2. The molecule has 3 fully saturated rings. The van der Waals surface area contributed by atoms with Gasteiger partial charge in [0.2, 0.25) is 0 Å². The average Bonchev–Trinajstić information content (AvgIpc) is 2.83. The summed E-state index contributed by atoms with van der Waals surface area (Å²) in [5, 5.41) is 0. The number of hydrogen-bond acceptors (Lipinski definition) is 2. The van der Waals surface area contributed by atoms with Gasteiger partial charge in [0.1, 0.15) is 0 Å². The van der Waals surface area contributed by atoms with E-state index in [0.717, 1.165) is 17.9 Å². The fourth-order valence-corrected chi connectivity index (χ4v) is 6.38. The van der Waals surface area contributed by atoms with Gasteiger partial charge in [0.05, 0.1) is 0 Å². The minimum atomic E-state index is -0.0160. The first-order valence-corrected chi connectivity index (χ1v) is 8.72. The van der Waals surface area contributed by atoms with Gasteiger partial charge in [0, 0.05) is 18.4 Å². The fourth-order valence-electron chi connectivity index (χ4n) is 6.38. The molecule has 4 aliphatic rings. The zero-order valence-electron chi connectivity index (χ0n) is 13.3. The molecule has 0 heterocycles. The molecule has 3 saturated carbocycles. The van der Waals surface area contributed by atoms with Crippen molar-refractivity contribution in [2.45, 2.75) is 65.2 Å². The molecule has 4 aliphatic carbocycles. The number of Topliss-reactive ketones (excluding diaryl/α,β-unsaturated/α-hetero) is 1. The van der Waals surface area contributed by atoms with Gasteiger partial charge in [-0.15, -0.1) is 0 Å². The molecular formula is C19H26O2. The second-order valence-electron chi connectivity index (χ2n) is 8.53. The molecule has 21 heavy (non-hydrogen) atoms. The van der Waals surface area contributed by atoms with Crippen LogP contribution >= 0.6 is 0 Å². The Morgan fingerprint density at radius 3 is 2.67 bits per heavy atom. The highest BCUT2D eigenvalue weighted by molar-refractivity contribution is 6.05. The van der Waals surface area contributed by atoms with E-state index in [0.29, 0.717) is 30.1 Å². The lowest BCUT2D eigenvalue weighted by Gasteiger charge is -2.56. The molecule has 0 saturated heterocycles. The molecule has 0 spiro atoms. The molecule has 114 valence electrons. The van der Waals surface area contributed by atoms with E-state index in [4.69, 9.17) is 0 Å². The number of ketones is 2. The van der Waals surface area contributed by atoms with Crippen LogP contribution in [0.2, 0.25) is 0 Å². The van der Waals surface area contributed by atoms with Gasteiger partial charge in [-0.2, -0.15) is 0 Å². The fraction of sp³-hybridized carbons (Fsp3) is 0.789. The number of carbonyl (C=O) groups excluding carboxylic acids is 2. The predicted octanol–water partition coefficient (Wildman–Crippen LogP) is 4.09. The average molecular weight is 286 g/mol. The largest absolute Gasteiger partial charge is 0.295 e. The standard InChI is InChI=1S/C19H26O2/c1-18-7-3-4-14(18)13-11-17(21)16-10-12(20)5-9-19(16,2)15(13)6-8-18/h10,13-15H,3-9,11H2,1-2H3/t13-,14-,15-,18-,19+/m0/s1. The molecule has 0 aromatic heterocycles. The summed E-state index contributed by atoms with van der Waals surface area (Å²) < 4.78 is 0. The Morgan fingerprint density at radius 2 is 1.86 bits per heavy atom. The van der Waals surface area contributed by atoms with Crippen LogP contribution in [-0.2, 0) is 9.59 Å². The van der Waals surface area contributed by atoms with Crippen LogP contribution in [0.1, 0.15) is 65.2 Å². The number of allylic oxidation sites excluding steroid dienone is 1. The third-order valence-corrected chi connectivity index (χ3v) is 7.57. The molecule has 0 bridgehead atoms. The van der Waals surface area contributed by atoms with E-state index in [9.17, 15) is 9.59 Å². The van der Waals surface area contributed by atoms with E-state index in [1.807, 2.05) is 0 Å². The lowest BCUT2D eigenvalue weighted by molar-refractivity contribution is -0.130. The van der Waals surface area contributed by atoms with Gasteiger partial charge in [-0.05, 0) is 66.8 Å². The van der Waals surface area contributed by atoms with Gasteiger partial charge in [-0.3, -0.25) is 9.59 Å². The van der Waals surface area contributed by atoms with Crippen LogP contribution in [0.4, 0.5) is 0 Å². The summed E-state index contributed by atoms with van der Waals surface area (Å²) in [4.78, 5) is 24.5.